The van der Waals surface area contributed by atoms with Gasteiger partial charge in [-0.1, -0.05) is 0 Å². The number of amides is 1. The molecule has 0 aliphatic carbocycles. The van der Waals surface area contributed by atoms with Gasteiger partial charge in [0, 0.05) is 0 Å². The predicted molar refractivity (Wildman–Crippen MR) is 63.9 cm³/mol. The summed E-state index contributed by atoms with van der Waals surface area (Å²) in [6.45, 7) is 1.71. The lowest BCUT2D eigenvalue weighted by atomic mass is 10.4. The molecule has 0 atom stereocenters. The Bertz CT molecular complexity index is 640. The molecule has 2 aromatic rings. The molecule has 0 aliphatic rings. The zero-order chi connectivity index (χ0) is 13.8. The molecule has 0 spiro atoms. The van der Waals surface area contributed by atoms with Crippen molar-refractivity contribution in [1.29, 1.82) is 0 Å². The lowest BCUT2D eigenvalue weighted by molar-refractivity contribution is -0.402. The van der Waals surface area contributed by atoms with Crippen LogP contribution in [0, 0.1) is 17.0 Å². The van der Waals surface area contributed by atoms with Crippen molar-refractivity contribution < 1.29 is 18.6 Å². The predicted octanol–water partition coefficient (Wildman–Crippen LogP) is 1.85. The highest BCUT2D eigenvalue weighted by Gasteiger charge is 2.11. The summed E-state index contributed by atoms with van der Waals surface area (Å²) >= 11 is 0. The van der Waals surface area contributed by atoms with Gasteiger partial charge in [0.15, 0.2) is 11.5 Å². The number of hydrazone groups is 1. The van der Waals surface area contributed by atoms with Gasteiger partial charge in [-0.25, -0.2) is 5.43 Å². The number of aryl methyl sites for hydroxylation is 1. The first-order chi connectivity index (χ1) is 9.06. The molecule has 0 saturated carbocycles. The molecule has 0 radical (unpaired) electrons. The Kier molecular flexibility index (Phi) is 3.42. The standard InChI is InChI=1S/C11H9N3O5/c1-7-2-4-9(18-7)11(15)13-12-6-8-3-5-10(19-8)14(16)17/h2-6H,1H3,(H,13,15). The maximum atomic E-state index is 11.5. The Morgan fingerprint density at radius 2 is 2.16 bits per heavy atom. The summed E-state index contributed by atoms with van der Waals surface area (Å²) in [7, 11) is 0. The summed E-state index contributed by atoms with van der Waals surface area (Å²) in [4.78, 5) is 21.2. The van der Waals surface area contributed by atoms with Gasteiger partial charge in [0.2, 0.25) is 0 Å². The number of carbonyl (C=O) groups is 1. The summed E-state index contributed by atoms with van der Waals surface area (Å²) in [5, 5.41) is 14.0. The zero-order valence-electron chi connectivity index (χ0n) is 9.82. The summed E-state index contributed by atoms with van der Waals surface area (Å²) in [6, 6.07) is 5.72. The highest BCUT2D eigenvalue weighted by molar-refractivity contribution is 5.92. The van der Waals surface area contributed by atoms with E-state index in [0.717, 1.165) is 6.21 Å². The first-order valence-corrected chi connectivity index (χ1v) is 5.20. The van der Waals surface area contributed by atoms with Crippen LogP contribution < -0.4 is 5.43 Å². The van der Waals surface area contributed by atoms with E-state index in [9.17, 15) is 14.9 Å². The van der Waals surface area contributed by atoms with Gasteiger partial charge in [0.1, 0.15) is 10.7 Å². The quantitative estimate of drug-likeness (QED) is 0.514. The summed E-state index contributed by atoms with van der Waals surface area (Å²) < 4.78 is 9.90. The topological polar surface area (TPSA) is 111 Å². The molecule has 1 amide bonds. The van der Waals surface area contributed by atoms with Gasteiger partial charge in [-0.05, 0) is 25.1 Å². The number of nitrogens with one attached hydrogen (secondary N) is 1. The lowest BCUT2D eigenvalue weighted by Crippen LogP contribution is -2.16. The number of nitro groups is 1. The fourth-order valence-electron chi connectivity index (χ4n) is 1.28. The third kappa shape index (κ3) is 3.06. The molecule has 2 aromatic heterocycles. The van der Waals surface area contributed by atoms with Gasteiger partial charge in [0.25, 0.3) is 0 Å². The normalized spacial score (nSPS) is 10.8. The number of furan rings is 2. The Hall–Kier alpha value is -2.90. The molecular formula is C11H9N3O5. The molecule has 1 N–H and O–H groups in total. The van der Waals surface area contributed by atoms with Crippen LogP contribution >= 0.6 is 0 Å². The molecule has 0 aliphatic heterocycles. The minimum absolute atomic E-state index is 0.125. The molecular weight excluding hydrogens is 254 g/mol. The van der Waals surface area contributed by atoms with E-state index in [-0.39, 0.29) is 11.5 Å². The minimum Gasteiger partial charge on any atom is -0.456 e. The number of rotatable bonds is 4. The van der Waals surface area contributed by atoms with Crippen molar-refractivity contribution in [2.45, 2.75) is 6.92 Å². The number of hydrogen-bond acceptors (Lipinski definition) is 6. The van der Waals surface area contributed by atoms with Crippen LogP contribution in [0.4, 0.5) is 5.88 Å². The fourth-order valence-corrected chi connectivity index (χ4v) is 1.28. The highest BCUT2D eigenvalue weighted by Crippen LogP contribution is 2.13. The second kappa shape index (κ2) is 5.17. The average molecular weight is 263 g/mol. The van der Waals surface area contributed by atoms with Gasteiger partial charge in [-0.2, -0.15) is 5.10 Å². The summed E-state index contributed by atoms with van der Waals surface area (Å²) in [5.41, 5.74) is 2.21. The van der Waals surface area contributed by atoms with E-state index in [0.29, 0.717) is 5.76 Å². The lowest BCUT2D eigenvalue weighted by Gasteiger charge is -1.93. The minimum atomic E-state index is -0.665. The Labute approximate surface area is 106 Å². The molecule has 8 nitrogen and oxygen atoms in total. The van der Waals surface area contributed by atoms with Gasteiger partial charge >= 0.3 is 11.8 Å². The first-order valence-electron chi connectivity index (χ1n) is 5.20. The first kappa shape index (κ1) is 12.6. The monoisotopic (exact) mass is 263 g/mol. The molecule has 19 heavy (non-hydrogen) atoms. The molecule has 2 rings (SSSR count). The maximum absolute atomic E-state index is 11.5. The van der Waals surface area contributed by atoms with Crippen molar-refractivity contribution in [3.8, 4) is 0 Å². The van der Waals surface area contributed by atoms with Crippen molar-refractivity contribution in [2.24, 2.45) is 5.10 Å². The van der Waals surface area contributed by atoms with E-state index in [2.05, 4.69) is 10.5 Å². The molecule has 0 fully saturated rings. The van der Waals surface area contributed by atoms with Gasteiger partial charge in [-0.3, -0.25) is 14.9 Å². The van der Waals surface area contributed by atoms with E-state index < -0.39 is 16.7 Å². The van der Waals surface area contributed by atoms with E-state index in [1.54, 1.807) is 13.0 Å². The van der Waals surface area contributed by atoms with E-state index in [4.69, 9.17) is 8.83 Å². The fraction of sp³-hybridized carbons (Fsp3) is 0.0909. The summed E-state index contributed by atoms with van der Waals surface area (Å²) in [5.74, 6) is -0.0293. The Morgan fingerprint density at radius 3 is 2.74 bits per heavy atom. The smallest absolute Gasteiger partial charge is 0.433 e. The Balaban J connectivity index is 1.96. The molecule has 0 aromatic carbocycles. The summed E-state index contributed by atoms with van der Waals surface area (Å²) in [6.07, 6.45) is 1.15. The van der Waals surface area contributed by atoms with Crippen molar-refractivity contribution in [3.63, 3.8) is 0 Å². The average Bonchev–Trinajstić information content (AvgIpc) is 2.98. The SMILES string of the molecule is Cc1ccc(C(=O)NN=Cc2ccc([N+](=O)[O-])o2)o1. The number of carbonyl (C=O) groups excluding carboxylic acids is 1. The molecule has 0 saturated heterocycles. The molecule has 8 heteroatoms. The zero-order valence-corrected chi connectivity index (χ0v) is 9.82. The van der Waals surface area contributed by atoms with Crippen LogP contribution in [0.25, 0.3) is 0 Å². The third-order valence-corrected chi connectivity index (χ3v) is 2.11. The number of hydrogen-bond donors (Lipinski definition) is 1. The van der Waals surface area contributed by atoms with Crippen LogP contribution in [-0.2, 0) is 0 Å². The van der Waals surface area contributed by atoms with E-state index in [1.807, 2.05) is 0 Å². The van der Waals surface area contributed by atoms with Crippen LogP contribution in [-0.4, -0.2) is 17.0 Å². The van der Waals surface area contributed by atoms with Crippen molar-refractivity contribution >= 4 is 18.0 Å². The van der Waals surface area contributed by atoms with Crippen molar-refractivity contribution in [3.05, 3.63) is 51.7 Å². The molecule has 0 unspecified atom stereocenters. The molecule has 2 heterocycles. The number of nitrogens with zero attached hydrogens (tertiary/aromatic N) is 2. The largest absolute Gasteiger partial charge is 0.456 e. The van der Waals surface area contributed by atoms with E-state index in [1.165, 1.54) is 18.2 Å². The maximum Gasteiger partial charge on any atom is 0.433 e. The van der Waals surface area contributed by atoms with Crippen LogP contribution in [0.1, 0.15) is 22.1 Å². The molecule has 0 bridgehead atoms. The van der Waals surface area contributed by atoms with Gasteiger partial charge in [-0.15, -0.1) is 0 Å². The second-order valence-electron chi connectivity index (χ2n) is 3.54. The molecule has 98 valence electrons. The van der Waals surface area contributed by atoms with Gasteiger partial charge in [0.05, 0.1) is 12.3 Å². The van der Waals surface area contributed by atoms with Crippen LogP contribution in [0.2, 0.25) is 0 Å². The van der Waals surface area contributed by atoms with Gasteiger partial charge < -0.3 is 8.83 Å². The third-order valence-electron chi connectivity index (χ3n) is 2.11. The van der Waals surface area contributed by atoms with Crippen molar-refractivity contribution in [1.82, 2.24) is 5.43 Å². The Morgan fingerprint density at radius 1 is 1.37 bits per heavy atom. The van der Waals surface area contributed by atoms with Crippen LogP contribution in [0.5, 0.6) is 0 Å². The van der Waals surface area contributed by atoms with E-state index >= 15 is 0 Å². The van der Waals surface area contributed by atoms with Crippen LogP contribution in [0.15, 0.2) is 38.2 Å². The highest BCUT2D eigenvalue weighted by atomic mass is 16.6. The van der Waals surface area contributed by atoms with Crippen molar-refractivity contribution in [2.75, 3.05) is 0 Å². The second-order valence-corrected chi connectivity index (χ2v) is 3.54. The van der Waals surface area contributed by atoms with Crippen LogP contribution in [0.3, 0.4) is 0 Å².